The monoisotopic (exact) mass is 271 g/mol. The van der Waals surface area contributed by atoms with Crippen LogP contribution in [0.5, 0.6) is 0 Å². The topological polar surface area (TPSA) is 29.1 Å². The molecule has 0 atom stereocenters. The summed E-state index contributed by atoms with van der Waals surface area (Å²) in [6.45, 7) is -0.0696. The predicted molar refractivity (Wildman–Crippen MR) is 52.9 cm³/mol. The molecule has 0 radical (unpaired) electrons. The van der Waals surface area contributed by atoms with E-state index in [1.165, 1.54) is 0 Å². The van der Waals surface area contributed by atoms with Gasteiger partial charge in [-0.3, -0.25) is 4.79 Å². The summed E-state index contributed by atoms with van der Waals surface area (Å²) in [6, 6.07) is 0. The molecule has 0 aromatic rings. The molecule has 104 valence electrons. The number of amides is 1. The molecule has 2 aliphatic carbocycles. The Labute approximate surface area is 101 Å². The molecule has 2 fully saturated rings. The maximum Gasteiger partial charge on any atom is 0.463 e. The Balaban J connectivity index is 1.87. The number of rotatable bonds is 5. The molecule has 0 saturated heterocycles. The van der Waals surface area contributed by atoms with E-state index in [4.69, 9.17) is 0 Å². The molecular formula is C11H14F5NO. The van der Waals surface area contributed by atoms with E-state index in [1.807, 2.05) is 0 Å². The van der Waals surface area contributed by atoms with Crippen LogP contribution in [0.1, 0.15) is 25.7 Å². The van der Waals surface area contributed by atoms with Crippen molar-refractivity contribution in [2.45, 2.75) is 37.8 Å². The number of carbonyl (C=O) groups is 1. The van der Waals surface area contributed by atoms with E-state index >= 15 is 0 Å². The van der Waals surface area contributed by atoms with Gasteiger partial charge in [-0.1, -0.05) is 0 Å². The van der Waals surface area contributed by atoms with Gasteiger partial charge < -0.3 is 5.32 Å². The molecule has 0 aliphatic heterocycles. The molecule has 2 rings (SSSR count). The Hall–Kier alpha value is -0.880. The summed E-state index contributed by atoms with van der Waals surface area (Å²) in [6.07, 6.45) is -1.91. The Bertz CT molecular complexity index is 321. The number of carbonyl (C=O) groups excluding carboxylic acids is 1. The van der Waals surface area contributed by atoms with Gasteiger partial charge in [-0.2, -0.15) is 22.0 Å². The highest BCUT2D eigenvalue weighted by Gasteiger charge is 2.63. The largest absolute Gasteiger partial charge is 0.463 e. The summed E-state index contributed by atoms with van der Waals surface area (Å²) >= 11 is 0. The van der Waals surface area contributed by atoms with Gasteiger partial charge in [-0.15, -0.1) is 0 Å². The fraction of sp³-hybridized carbons (Fsp3) is 0.909. The minimum Gasteiger partial charge on any atom is -0.350 e. The first-order valence-electron chi connectivity index (χ1n) is 5.96. The molecule has 0 aromatic carbocycles. The van der Waals surface area contributed by atoms with Gasteiger partial charge in [0.1, 0.15) is 0 Å². The fourth-order valence-electron chi connectivity index (χ4n) is 2.22. The zero-order valence-corrected chi connectivity index (χ0v) is 9.57. The highest BCUT2D eigenvalue weighted by atomic mass is 19.4. The second kappa shape index (κ2) is 4.35. The van der Waals surface area contributed by atoms with Crippen molar-refractivity contribution in [3.63, 3.8) is 0 Å². The van der Waals surface area contributed by atoms with Crippen molar-refractivity contribution in [3.05, 3.63) is 0 Å². The van der Waals surface area contributed by atoms with E-state index in [0.717, 1.165) is 25.7 Å². The zero-order valence-electron chi connectivity index (χ0n) is 9.57. The third kappa shape index (κ3) is 2.75. The predicted octanol–water partition coefficient (Wildman–Crippen LogP) is 2.74. The number of hydrogen-bond acceptors (Lipinski definition) is 1. The maximum atomic E-state index is 12.7. The molecular weight excluding hydrogens is 257 g/mol. The molecule has 0 spiro atoms. The van der Waals surface area contributed by atoms with Crippen LogP contribution in [0.2, 0.25) is 0 Å². The molecule has 0 unspecified atom stereocenters. The van der Waals surface area contributed by atoms with Crippen LogP contribution in [0.25, 0.3) is 0 Å². The first kappa shape index (κ1) is 13.5. The maximum absolute atomic E-state index is 12.7. The van der Waals surface area contributed by atoms with E-state index in [1.54, 1.807) is 5.32 Å². The molecule has 2 nitrogen and oxygen atoms in total. The van der Waals surface area contributed by atoms with Crippen LogP contribution < -0.4 is 5.32 Å². The minimum absolute atomic E-state index is 0.0676. The van der Waals surface area contributed by atoms with E-state index in [0.29, 0.717) is 11.8 Å². The van der Waals surface area contributed by atoms with Gasteiger partial charge in [-0.05, 0) is 43.4 Å². The van der Waals surface area contributed by atoms with Crippen molar-refractivity contribution in [3.8, 4) is 0 Å². The Morgan fingerprint density at radius 1 is 1.06 bits per heavy atom. The van der Waals surface area contributed by atoms with Crippen LogP contribution in [-0.2, 0) is 4.79 Å². The first-order valence-corrected chi connectivity index (χ1v) is 5.96. The van der Waals surface area contributed by atoms with E-state index < -0.39 is 18.0 Å². The summed E-state index contributed by atoms with van der Waals surface area (Å²) in [5, 5.41) is 1.76. The van der Waals surface area contributed by atoms with Gasteiger partial charge in [0, 0.05) is 6.54 Å². The lowest BCUT2D eigenvalue weighted by Gasteiger charge is -2.21. The van der Waals surface area contributed by atoms with Crippen LogP contribution >= 0.6 is 0 Å². The highest BCUT2D eigenvalue weighted by molar-refractivity contribution is 5.84. The molecule has 2 saturated carbocycles. The Morgan fingerprint density at radius 3 is 1.83 bits per heavy atom. The highest BCUT2D eigenvalue weighted by Crippen LogP contribution is 2.49. The minimum atomic E-state index is -5.83. The van der Waals surface area contributed by atoms with Crippen LogP contribution in [0.3, 0.4) is 0 Å². The Morgan fingerprint density at radius 2 is 1.50 bits per heavy atom. The van der Waals surface area contributed by atoms with Gasteiger partial charge in [0.25, 0.3) is 5.91 Å². The van der Waals surface area contributed by atoms with Crippen molar-refractivity contribution in [2.75, 3.05) is 6.54 Å². The van der Waals surface area contributed by atoms with Gasteiger partial charge in [0.2, 0.25) is 0 Å². The first-order chi connectivity index (χ1) is 8.23. The van der Waals surface area contributed by atoms with Gasteiger partial charge >= 0.3 is 12.1 Å². The van der Waals surface area contributed by atoms with Crippen molar-refractivity contribution in [1.29, 1.82) is 0 Å². The number of alkyl halides is 5. The van der Waals surface area contributed by atoms with E-state index in [2.05, 4.69) is 0 Å². The second-order valence-electron chi connectivity index (χ2n) is 5.12. The van der Waals surface area contributed by atoms with Crippen LogP contribution in [-0.4, -0.2) is 24.6 Å². The number of halogens is 5. The molecule has 0 heterocycles. The van der Waals surface area contributed by atoms with Gasteiger partial charge in [0.15, 0.2) is 0 Å². The van der Waals surface area contributed by atoms with E-state index in [-0.39, 0.29) is 12.5 Å². The SMILES string of the molecule is O=C(NCC(C1CC1)C1CC1)C(F)(F)C(F)(F)F. The summed E-state index contributed by atoms with van der Waals surface area (Å²) in [5.74, 6) is -6.70. The molecule has 18 heavy (non-hydrogen) atoms. The molecule has 1 N–H and O–H groups in total. The summed E-state index contributed by atoms with van der Waals surface area (Å²) in [5.41, 5.74) is 0. The van der Waals surface area contributed by atoms with Gasteiger partial charge in [0.05, 0.1) is 0 Å². The normalized spacial score (nSPS) is 21.2. The lowest BCUT2D eigenvalue weighted by molar-refractivity contribution is -0.269. The second-order valence-corrected chi connectivity index (χ2v) is 5.12. The van der Waals surface area contributed by atoms with Crippen molar-refractivity contribution in [2.24, 2.45) is 17.8 Å². The third-order valence-corrected chi connectivity index (χ3v) is 3.59. The van der Waals surface area contributed by atoms with Crippen molar-refractivity contribution < 1.29 is 26.7 Å². The standard InChI is InChI=1S/C11H14F5NO/c12-10(13,11(14,15)16)9(18)17-5-8(6-1-2-6)7-3-4-7/h6-8H,1-5H2,(H,17,18). The average Bonchev–Trinajstić information content (AvgIpc) is 3.10. The molecule has 0 bridgehead atoms. The van der Waals surface area contributed by atoms with Crippen LogP contribution in [0.15, 0.2) is 0 Å². The Kier molecular flexibility index (Phi) is 3.27. The molecule has 1 amide bonds. The van der Waals surface area contributed by atoms with Crippen LogP contribution in [0, 0.1) is 17.8 Å². The lowest BCUT2D eigenvalue weighted by Crippen LogP contribution is -2.51. The molecule has 7 heteroatoms. The third-order valence-electron chi connectivity index (χ3n) is 3.59. The average molecular weight is 271 g/mol. The molecule has 0 aromatic heterocycles. The lowest BCUT2D eigenvalue weighted by atomic mass is 9.98. The summed E-state index contributed by atoms with van der Waals surface area (Å²) in [4.78, 5) is 10.9. The summed E-state index contributed by atoms with van der Waals surface area (Å²) < 4.78 is 61.2. The smallest absolute Gasteiger partial charge is 0.350 e. The van der Waals surface area contributed by atoms with Crippen molar-refractivity contribution in [1.82, 2.24) is 5.32 Å². The number of hydrogen-bond donors (Lipinski definition) is 1. The fourth-order valence-corrected chi connectivity index (χ4v) is 2.22. The quantitative estimate of drug-likeness (QED) is 0.765. The van der Waals surface area contributed by atoms with E-state index in [9.17, 15) is 26.7 Å². The summed E-state index contributed by atoms with van der Waals surface area (Å²) in [7, 11) is 0. The zero-order chi connectivity index (χ0) is 13.6. The van der Waals surface area contributed by atoms with Crippen LogP contribution in [0.4, 0.5) is 22.0 Å². The molecule has 2 aliphatic rings. The number of nitrogens with one attached hydrogen (secondary N) is 1. The van der Waals surface area contributed by atoms with Crippen molar-refractivity contribution >= 4 is 5.91 Å². The van der Waals surface area contributed by atoms with Gasteiger partial charge in [-0.25, -0.2) is 0 Å².